The quantitative estimate of drug-likeness (QED) is 0.185. The second-order valence-electron chi connectivity index (χ2n) is 13.4. The van der Waals surface area contributed by atoms with E-state index in [0.29, 0.717) is 36.0 Å². The number of Topliss-reactive ketones (excluding diaryl/α,β-unsaturated/α-hetero) is 1. The number of hydrogen-bond donors (Lipinski definition) is 3. The summed E-state index contributed by atoms with van der Waals surface area (Å²) in [5, 5.41) is 9.95. The van der Waals surface area contributed by atoms with Crippen LogP contribution in [0.25, 0.3) is 22.5 Å². The van der Waals surface area contributed by atoms with Crippen molar-refractivity contribution in [2.45, 2.75) is 38.5 Å². The Hall–Kier alpha value is -4.38. The molecule has 2 fully saturated rings. The highest BCUT2D eigenvalue weighted by Gasteiger charge is 2.30. The number of nitrogens with one attached hydrogen (secondary N) is 2. The van der Waals surface area contributed by atoms with Crippen LogP contribution < -0.4 is 11.1 Å². The van der Waals surface area contributed by atoms with Gasteiger partial charge in [0.05, 0.1) is 0 Å². The first-order valence-corrected chi connectivity index (χ1v) is 17.5. The van der Waals surface area contributed by atoms with Crippen LogP contribution >= 0.6 is 11.6 Å². The molecule has 1 aromatic heterocycles. The molecule has 1 aliphatic heterocycles. The van der Waals surface area contributed by atoms with Gasteiger partial charge in [0.2, 0.25) is 11.2 Å². The fraction of sp³-hybridized carbons (Fsp3) is 0.395. The summed E-state index contributed by atoms with van der Waals surface area (Å²) >= 11 is 5.88. The number of halogens is 1. The van der Waals surface area contributed by atoms with Crippen LogP contribution in [0.3, 0.4) is 0 Å². The Labute approximate surface area is 292 Å². The van der Waals surface area contributed by atoms with Crippen LogP contribution in [0.15, 0.2) is 72.8 Å². The predicted molar refractivity (Wildman–Crippen MR) is 192 cm³/mol. The third-order valence-electron chi connectivity index (χ3n) is 9.99. The van der Waals surface area contributed by atoms with Crippen molar-refractivity contribution in [1.29, 1.82) is 0 Å². The Morgan fingerprint density at radius 1 is 0.918 bits per heavy atom. The molecular formula is C38H44ClN7O3. The first kappa shape index (κ1) is 34.5. The average Bonchev–Trinajstić information content (AvgIpc) is 3.58. The number of rotatable bonds is 11. The van der Waals surface area contributed by atoms with E-state index in [4.69, 9.17) is 17.3 Å². The lowest BCUT2D eigenvalue weighted by molar-refractivity contribution is -0.129. The topological polar surface area (TPSA) is 137 Å². The van der Waals surface area contributed by atoms with Crippen LogP contribution in [0, 0.1) is 17.8 Å². The number of likely N-dealkylation sites (N-methyl/N-ethyl adjacent to an activating group) is 1. The van der Waals surface area contributed by atoms with Gasteiger partial charge in [-0.2, -0.15) is 10.1 Å². The number of amides is 2. The minimum atomic E-state index is -0.551. The lowest BCUT2D eigenvalue weighted by Gasteiger charge is -2.32. The largest absolute Gasteiger partial charge is 0.336 e. The van der Waals surface area contributed by atoms with E-state index < -0.39 is 5.92 Å². The zero-order chi connectivity index (χ0) is 34.3. The molecule has 2 amide bonds. The number of hydrogen-bond acceptors (Lipinski definition) is 7. The van der Waals surface area contributed by atoms with Gasteiger partial charge in [0.1, 0.15) is 5.78 Å². The Kier molecular flexibility index (Phi) is 11.2. The highest BCUT2D eigenvalue weighted by Crippen LogP contribution is 2.32. The van der Waals surface area contributed by atoms with E-state index >= 15 is 0 Å². The molecule has 0 spiro atoms. The summed E-state index contributed by atoms with van der Waals surface area (Å²) in [7, 11) is 2.07. The van der Waals surface area contributed by atoms with Gasteiger partial charge in [0.25, 0.3) is 5.91 Å². The number of benzene rings is 3. The van der Waals surface area contributed by atoms with Crippen molar-refractivity contribution in [1.82, 2.24) is 25.0 Å². The fourth-order valence-corrected chi connectivity index (χ4v) is 6.99. The maximum Gasteiger partial charge on any atom is 0.253 e. The summed E-state index contributed by atoms with van der Waals surface area (Å²) in [6.07, 6.45) is 4.14. The second kappa shape index (κ2) is 15.9. The number of nitrogens with two attached hydrogens (primary N) is 1. The molecule has 6 rings (SSSR count). The molecule has 0 bridgehead atoms. The summed E-state index contributed by atoms with van der Waals surface area (Å²) in [6, 6.07) is 23.0. The van der Waals surface area contributed by atoms with Gasteiger partial charge in [0, 0.05) is 61.2 Å². The fourth-order valence-electron chi connectivity index (χ4n) is 6.87. The Balaban J connectivity index is 1.16. The van der Waals surface area contributed by atoms with Crippen molar-refractivity contribution in [3.8, 4) is 22.5 Å². The molecule has 10 nitrogen and oxygen atoms in total. The monoisotopic (exact) mass is 681 g/mol. The first-order chi connectivity index (χ1) is 23.7. The van der Waals surface area contributed by atoms with Crippen LogP contribution in [-0.2, 0) is 16.0 Å². The Morgan fingerprint density at radius 3 is 2.27 bits per heavy atom. The van der Waals surface area contributed by atoms with Gasteiger partial charge in [0.15, 0.2) is 5.82 Å². The molecule has 0 unspecified atom stereocenters. The predicted octanol–water partition coefficient (Wildman–Crippen LogP) is 5.70. The third kappa shape index (κ3) is 8.81. The van der Waals surface area contributed by atoms with Gasteiger partial charge in [-0.1, -0.05) is 36.4 Å². The second-order valence-corrected chi connectivity index (χ2v) is 13.8. The van der Waals surface area contributed by atoms with Gasteiger partial charge in [-0.3, -0.25) is 14.4 Å². The van der Waals surface area contributed by atoms with E-state index in [1.807, 2.05) is 59.5 Å². The van der Waals surface area contributed by atoms with Gasteiger partial charge in [-0.15, -0.1) is 0 Å². The summed E-state index contributed by atoms with van der Waals surface area (Å²) < 4.78 is 0. The molecular weight excluding hydrogens is 638 g/mol. The molecule has 4 N–H and O–H groups in total. The minimum Gasteiger partial charge on any atom is -0.336 e. The zero-order valence-corrected chi connectivity index (χ0v) is 28.7. The van der Waals surface area contributed by atoms with Crippen LogP contribution in [0.5, 0.6) is 0 Å². The highest BCUT2D eigenvalue weighted by atomic mass is 35.5. The van der Waals surface area contributed by atoms with Crippen molar-refractivity contribution in [3.05, 3.63) is 89.2 Å². The zero-order valence-electron chi connectivity index (χ0n) is 27.9. The van der Waals surface area contributed by atoms with Gasteiger partial charge in [-0.25, -0.2) is 5.10 Å². The molecule has 256 valence electrons. The number of H-pyrrole nitrogens is 1. The van der Waals surface area contributed by atoms with E-state index in [-0.39, 0.29) is 35.2 Å². The van der Waals surface area contributed by atoms with Gasteiger partial charge < -0.3 is 20.9 Å². The van der Waals surface area contributed by atoms with Gasteiger partial charge >= 0.3 is 0 Å². The third-order valence-corrected chi connectivity index (χ3v) is 10.2. The van der Waals surface area contributed by atoms with Crippen molar-refractivity contribution in [3.63, 3.8) is 0 Å². The molecule has 2 heterocycles. The standard InChI is InChI=1S/C38H44ClN7O3/c1-45-17-19-46(20-18-45)37(49)30-11-9-27(10-12-30)31-4-2-3-26(21-31)22-32(23-34(47)28-7-5-25(24-40)6-8-28)36(48)41-33-15-13-29(14-16-33)35-42-38(39)44-43-35/h2-4,9-16,21,25,28,32H,5-8,17-20,22-24,40H2,1H3,(H,41,48)(H,42,43,44)/t25?,28?,32-/m1/s1. The number of aromatic amines is 1. The van der Waals surface area contributed by atoms with Crippen LogP contribution in [0.2, 0.25) is 5.28 Å². The van der Waals surface area contributed by atoms with E-state index in [0.717, 1.165) is 74.1 Å². The van der Waals surface area contributed by atoms with Crippen LogP contribution in [0.4, 0.5) is 5.69 Å². The molecule has 49 heavy (non-hydrogen) atoms. The summed E-state index contributed by atoms with van der Waals surface area (Å²) in [5.74, 6) is 0.348. The maximum atomic E-state index is 13.8. The number of aromatic nitrogens is 3. The molecule has 3 aromatic carbocycles. The highest BCUT2D eigenvalue weighted by molar-refractivity contribution is 6.28. The van der Waals surface area contributed by atoms with E-state index in [1.165, 1.54) is 0 Å². The number of carbonyl (C=O) groups is 3. The normalized spacial score (nSPS) is 19.0. The van der Waals surface area contributed by atoms with Gasteiger partial charge in [-0.05, 0) is 116 Å². The molecule has 11 heteroatoms. The number of ketones is 1. The Bertz CT molecular complexity index is 1740. The van der Waals surface area contributed by atoms with Crippen molar-refractivity contribution in [2.75, 3.05) is 45.1 Å². The lowest BCUT2D eigenvalue weighted by atomic mass is 9.77. The molecule has 0 radical (unpaired) electrons. The van der Waals surface area contributed by atoms with Crippen molar-refractivity contribution >= 4 is 34.9 Å². The summed E-state index contributed by atoms with van der Waals surface area (Å²) in [5.41, 5.74) is 10.9. The van der Waals surface area contributed by atoms with Crippen LogP contribution in [-0.4, -0.2) is 82.4 Å². The average molecular weight is 682 g/mol. The van der Waals surface area contributed by atoms with E-state index in [2.05, 4.69) is 38.5 Å². The SMILES string of the molecule is CN1CCN(C(=O)c2ccc(-c3cccc(C[C@H](CC(=O)C4CCC(CN)CC4)C(=O)Nc4ccc(-c5n[nH]c(Cl)n5)cc4)c3)cc2)CC1. The molecule has 1 saturated carbocycles. The van der Waals surface area contributed by atoms with Crippen molar-refractivity contribution in [2.24, 2.45) is 23.5 Å². The summed E-state index contributed by atoms with van der Waals surface area (Å²) in [4.78, 5) is 48.8. The lowest BCUT2D eigenvalue weighted by Crippen LogP contribution is -2.47. The molecule has 2 aliphatic rings. The Morgan fingerprint density at radius 2 is 1.61 bits per heavy atom. The van der Waals surface area contributed by atoms with E-state index in [1.54, 1.807) is 12.1 Å². The minimum absolute atomic E-state index is 0.0380. The van der Waals surface area contributed by atoms with Crippen molar-refractivity contribution < 1.29 is 14.4 Å². The number of carbonyl (C=O) groups excluding carboxylic acids is 3. The maximum absolute atomic E-state index is 13.8. The number of anilines is 1. The van der Waals surface area contributed by atoms with E-state index in [9.17, 15) is 14.4 Å². The molecule has 4 aromatic rings. The smallest absolute Gasteiger partial charge is 0.253 e. The molecule has 1 saturated heterocycles. The first-order valence-electron chi connectivity index (χ1n) is 17.1. The number of nitrogens with zero attached hydrogens (tertiary/aromatic N) is 4. The molecule has 1 atom stereocenters. The summed E-state index contributed by atoms with van der Waals surface area (Å²) in [6.45, 7) is 3.87. The molecule has 1 aliphatic carbocycles. The number of piperazine rings is 1. The van der Waals surface area contributed by atoms with Crippen LogP contribution in [0.1, 0.15) is 48.0 Å².